The van der Waals surface area contributed by atoms with Crippen LogP contribution in [0.1, 0.15) is 25.0 Å². The van der Waals surface area contributed by atoms with Crippen LogP contribution in [0.15, 0.2) is 46.6 Å². The van der Waals surface area contributed by atoms with Crippen molar-refractivity contribution < 1.29 is 9.59 Å². The Hall–Kier alpha value is -3.02. The summed E-state index contributed by atoms with van der Waals surface area (Å²) < 4.78 is 0. The highest BCUT2D eigenvalue weighted by molar-refractivity contribution is 6.15. The van der Waals surface area contributed by atoms with Crippen LogP contribution in [0, 0.1) is 13.8 Å². The fourth-order valence-corrected chi connectivity index (χ4v) is 2.49. The molecule has 0 aromatic heterocycles. The second-order valence-corrected chi connectivity index (χ2v) is 5.67. The monoisotopic (exact) mass is 324 g/mol. The Morgan fingerprint density at radius 1 is 0.917 bits per heavy atom. The third-order valence-corrected chi connectivity index (χ3v) is 3.35. The number of rotatable bonds is 3. The molecular formula is C18H20N4O2. The van der Waals surface area contributed by atoms with Crippen molar-refractivity contribution in [2.24, 2.45) is 10.2 Å². The largest absolute Gasteiger partial charge is 0.399 e. The minimum absolute atomic E-state index is 0.322. The Morgan fingerprint density at radius 2 is 1.50 bits per heavy atom. The second kappa shape index (κ2) is 7.04. The smallest absolute Gasteiger partial charge is 0.230 e. The van der Waals surface area contributed by atoms with E-state index in [0.29, 0.717) is 22.7 Å². The van der Waals surface area contributed by atoms with Gasteiger partial charge in [0.2, 0.25) is 11.8 Å². The molecule has 2 amide bonds. The molecule has 2 aromatic rings. The summed E-state index contributed by atoms with van der Waals surface area (Å²) in [6.45, 7) is 6.59. The Kier molecular flexibility index (Phi) is 5.08. The van der Waals surface area contributed by atoms with Crippen molar-refractivity contribution >= 4 is 34.6 Å². The molecule has 2 N–H and O–H groups in total. The van der Waals surface area contributed by atoms with Gasteiger partial charge in [0.25, 0.3) is 0 Å². The van der Waals surface area contributed by atoms with Gasteiger partial charge in [-0.1, -0.05) is 6.07 Å². The number of nitrogens with two attached hydrogens (primary N) is 1. The first kappa shape index (κ1) is 17.3. The van der Waals surface area contributed by atoms with Gasteiger partial charge in [-0.3, -0.25) is 9.59 Å². The van der Waals surface area contributed by atoms with E-state index in [4.69, 9.17) is 5.73 Å². The molecule has 0 aliphatic rings. The first-order chi connectivity index (χ1) is 11.3. The van der Waals surface area contributed by atoms with Crippen molar-refractivity contribution in [1.82, 2.24) is 0 Å². The number of aryl methyl sites for hydroxylation is 2. The van der Waals surface area contributed by atoms with Crippen molar-refractivity contribution in [3.63, 3.8) is 0 Å². The van der Waals surface area contributed by atoms with Crippen LogP contribution in [0.2, 0.25) is 0 Å². The van der Waals surface area contributed by atoms with Crippen molar-refractivity contribution in [1.29, 1.82) is 0 Å². The lowest BCUT2D eigenvalue weighted by molar-refractivity contribution is -0.124. The van der Waals surface area contributed by atoms with E-state index in [1.165, 1.54) is 13.8 Å². The van der Waals surface area contributed by atoms with Crippen LogP contribution in [-0.2, 0) is 9.59 Å². The number of nitrogens with zero attached hydrogens (tertiary/aromatic N) is 3. The highest BCUT2D eigenvalue weighted by Crippen LogP contribution is 2.33. The molecule has 0 saturated heterocycles. The SMILES string of the molecule is CC(=O)N(C(C)=O)c1cc(N)ccc1N=Nc1cc(C)cc(C)c1. The minimum atomic E-state index is -0.407. The molecule has 0 radical (unpaired) electrons. The zero-order valence-electron chi connectivity index (χ0n) is 14.2. The number of carbonyl (C=O) groups excluding carboxylic acids is 2. The minimum Gasteiger partial charge on any atom is -0.399 e. The third-order valence-electron chi connectivity index (χ3n) is 3.35. The lowest BCUT2D eigenvalue weighted by Crippen LogP contribution is -2.33. The van der Waals surface area contributed by atoms with Crippen molar-refractivity contribution in [2.75, 3.05) is 10.6 Å². The Bertz CT molecular complexity index is 794. The average molecular weight is 324 g/mol. The fraction of sp³-hybridized carbons (Fsp3) is 0.222. The molecule has 0 saturated carbocycles. The number of hydrogen-bond acceptors (Lipinski definition) is 5. The predicted molar refractivity (Wildman–Crippen MR) is 94.8 cm³/mol. The highest BCUT2D eigenvalue weighted by atomic mass is 16.2. The molecule has 0 unspecified atom stereocenters. The summed E-state index contributed by atoms with van der Waals surface area (Å²) in [4.78, 5) is 24.6. The number of amides is 2. The van der Waals surface area contributed by atoms with Gasteiger partial charge in [0.1, 0.15) is 5.69 Å². The van der Waals surface area contributed by atoms with Gasteiger partial charge in [-0.05, 0) is 55.3 Å². The molecule has 2 rings (SSSR count). The molecule has 0 aliphatic heterocycles. The molecular weight excluding hydrogens is 304 g/mol. The van der Waals surface area contributed by atoms with E-state index in [2.05, 4.69) is 10.2 Å². The van der Waals surface area contributed by atoms with Crippen LogP contribution >= 0.6 is 0 Å². The Morgan fingerprint density at radius 3 is 2.04 bits per heavy atom. The lowest BCUT2D eigenvalue weighted by atomic mass is 10.1. The molecule has 6 heteroatoms. The van der Waals surface area contributed by atoms with Crippen LogP contribution in [0.4, 0.5) is 22.7 Å². The van der Waals surface area contributed by atoms with Crippen molar-refractivity contribution in [3.8, 4) is 0 Å². The Labute approximate surface area is 141 Å². The van der Waals surface area contributed by atoms with Gasteiger partial charge in [-0.25, -0.2) is 4.90 Å². The quantitative estimate of drug-likeness (QED) is 0.678. The number of hydrogen-bond donors (Lipinski definition) is 1. The normalized spacial score (nSPS) is 10.8. The Balaban J connectivity index is 2.48. The molecule has 0 fully saturated rings. The third kappa shape index (κ3) is 4.04. The van der Waals surface area contributed by atoms with Gasteiger partial charge in [0, 0.05) is 19.5 Å². The van der Waals surface area contributed by atoms with Crippen LogP contribution in [0.3, 0.4) is 0 Å². The van der Waals surface area contributed by atoms with Crippen LogP contribution in [0.25, 0.3) is 0 Å². The standard InChI is InChI=1S/C18H20N4O2/c1-11-7-12(2)9-16(8-11)20-21-17-6-5-15(19)10-18(17)22(13(3)23)14(4)24/h5-10H,19H2,1-4H3. The summed E-state index contributed by atoms with van der Waals surface area (Å²) in [5, 5.41) is 8.43. The van der Waals surface area contributed by atoms with Crippen LogP contribution < -0.4 is 10.6 Å². The second-order valence-electron chi connectivity index (χ2n) is 5.67. The van der Waals surface area contributed by atoms with Gasteiger partial charge >= 0.3 is 0 Å². The predicted octanol–water partition coefficient (Wildman–Crippen LogP) is 4.20. The molecule has 6 nitrogen and oxygen atoms in total. The van der Waals surface area contributed by atoms with E-state index < -0.39 is 11.8 Å². The average Bonchev–Trinajstić information content (AvgIpc) is 2.44. The van der Waals surface area contributed by atoms with E-state index in [1.807, 2.05) is 32.0 Å². The first-order valence-electron chi connectivity index (χ1n) is 7.49. The van der Waals surface area contributed by atoms with E-state index in [1.54, 1.807) is 18.2 Å². The van der Waals surface area contributed by atoms with Crippen molar-refractivity contribution in [2.45, 2.75) is 27.7 Å². The zero-order valence-corrected chi connectivity index (χ0v) is 14.2. The highest BCUT2D eigenvalue weighted by Gasteiger charge is 2.20. The maximum atomic E-state index is 11.8. The van der Waals surface area contributed by atoms with Crippen molar-refractivity contribution in [3.05, 3.63) is 47.5 Å². The summed E-state index contributed by atoms with van der Waals surface area (Å²) >= 11 is 0. The number of carbonyl (C=O) groups is 2. The molecule has 0 spiro atoms. The van der Waals surface area contributed by atoms with Gasteiger partial charge in [-0.2, -0.15) is 5.11 Å². The number of nitrogen functional groups attached to an aromatic ring is 1. The first-order valence-corrected chi connectivity index (χ1v) is 7.49. The van der Waals surface area contributed by atoms with E-state index in [9.17, 15) is 9.59 Å². The van der Waals surface area contributed by atoms with Gasteiger partial charge < -0.3 is 5.73 Å². The maximum absolute atomic E-state index is 11.8. The molecule has 0 atom stereocenters. The number of azo groups is 1. The zero-order chi connectivity index (χ0) is 17.9. The van der Waals surface area contributed by atoms with Gasteiger partial charge in [0.05, 0.1) is 11.4 Å². The number of anilines is 2. The summed E-state index contributed by atoms with van der Waals surface area (Å²) in [5.74, 6) is -0.813. The van der Waals surface area contributed by atoms with E-state index in [-0.39, 0.29) is 0 Å². The molecule has 0 aliphatic carbocycles. The molecule has 124 valence electrons. The van der Waals surface area contributed by atoms with E-state index in [0.717, 1.165) is 16.0 Å². The fourth-order valence-electron chi connectivity index (χ4n) is 2.49. The van der Waals surface area contributed by atoms with Gasteiger partial charge in [0.15, 0.2) is 0 Å². The molecule has 24 heavy (non-hydrogen) atoms. The topological polar surface area (TPSA) is 88.1 Å². The maximum Gasteiger partial charge on any atom is 0.230 e. The number of benzene rings is 2. The number of imide groups is 1. The lowest BCUT2D eigenvalue weighted by Gasteiger charge is -2.19. The van der Waals surface area contributed by atoms with E-state index >= 15 is 0 Å². The summed E-state index contributed by atoms with van der Waals surface area (Å²) in [6.07, 6.45) is 0. The summed E-state index contributed by atoms with van der Waals surface area (Å²) in [7, 11) is 0. The summed E-state index contributed by atoms with van der Waals surface area (Å²) in [6, 6.07) is 10.7. The van der Waals surface area contributed by atoms with Crippen LogP contribution in [-0.4, -0.2) is 11.8 Å². The van der Waals surface area contributed by atoms with Crippen LogP contribution in [0.5, 0.6) is 0 Å². The molecule has 0 heterocycles. The van der Waals surface area contributed by atoms with Gasteiger partial charge in [-0.15, -0.1) is 5.11 Å². The molecule has 2 aromatic carbocycles. The summed E-state index contributed by atoms with van der Waals surface area (Å²) in [5.41, 5.74) is 9.80. The molecule has 0 bridgehead atoms.